The van der Waals surface area contributed by atoms with E-state index < -0.39 is 36.2 Å². The van der Waals surface area contributed by atoms with Gasteiger partial charge < -0.3 is 25.0 Å². The van der Waals surface area contributed by atoms with Crippen molar-refractivity contribution in [3.05, 3.63) is 35.9 Å². The van der Waals surface area contributed by atoms with Crippen molar-refractivity contribution in [3.8, 4) is 0 Å². The number of likely N-dealkylation sites (tertiary alicyclic amines) is 1. The number of rotatable bonds is 4. The maximum Gasteiger partial charge on any atom is 0.239 e. The van der Waals surface area contributed by atoms with Crippen molar-refractivity contribution in [2.45, 2.75) is 56.6 Å². The van der Waals surface area contributed by atoms with Crippen molar-refractivity contribution in [3.63, 3.8) is 0 Å². The molecular weight excluding hydrogens is 324 g/mol. The predicted octanol–water partition coefficient (Wildman–Crippen LogP) is -0.141. The molecule has 7 nitrogen and oxygen atoms in total. The molecule has 0 spiro atoms. The zero-order valence-electron chi connectivity index (χ0n) is 14.8. The molecule has 2 saturated heterocycles. The highest BCUT2D eigenvalue weighted by molar-refractivity contribution is 5.82. The van der Waals surface area contributed by atoms with E-state index in [4.69, 9.17) is 9.47 Å². The van der Waals surface area contributed by atoms with Gasteiger partial charge in [-0.1, -0.05) is 30.3 Å². The van der Waals surface area contributed by atoms with Crippen LogP contribution < -0.4 is 5.32 Å². The first kappa shape index (κ1) is 18.3. The molecule has 2 aliphatic rings. The van der Waals surface area contributed by atoms with Gasteiger partial charge in [0.1, 0.15) is 24.4 Å². The molecule has 0 radical (unpaired) electrons. The van der Waals surface area contributed by atoms with E-state index >= 15 is 0 Å². The molecule has 138 valence electrons. The summed E-state index contributed by atoms with van der Waals surface area (Å²) < 4.78 is 11.8. The van der Waals surface area contributed by atoms with Crippen molar-refractivity contribution in [2.24, 2.45) is 0 Å². The van der Waals surface area contributed by atoms with Crippen molar-refractivity contribution < 1.29 is 24.5 Å². The summed E-state index contributed by atoms with van der Waals surface area (Å²) >= 11 is 0. The van der Waals surface area contributed by atoms with E-state index in [9.17, 15) is 15.0 Å². The Morgan fingerprint density at radius 2 is 1.88 bits per heavy atom. The number of carbonyl (C=O) groups excluding carboxylic acids is 1. The maximum atomic E-state index is 12.6. The predicted molar refractivity (Wildman–Crippen MR) is 90.5 cm³/mol. The molecule has 3 rings (SSSR count). The molecule has 1 aromatic rings. The van der Waals surface area contributed by atoms with Crippen molar-refractivity contribution in [1.82, 2.24) is 10.2 Å². The van der Waals surface area contributed by atoms with E-state index in [1.807, 2.05) is 35.2 Å². The van der Waals surface area contributed by atoms with Gasteiger partial charge in [-0.3, -0.25) is 9.69 Å². The van der Waals surface area contributed by atoms with Crippen molar-refractivity contribution in [2.75, 3.05) is 13.7 Å². The van der Waals surface area contributed by atoms with Crippen LogP contribution in [0, 0.1) is 0 Å². The lowest BCUT2D eigenvalue weighted by Gasteiger charge is -2.47. The molecule has 0 aromatic heterocycles. The van der Waals surface area contributed by atoms with Crippen LogP contribution >= 0.6 is 0 Å². The number of nitrogens with zero attached hydrogens (tertiary/aromatic N) is 1. The van der Waals surface area contributed by atoms with Gasteiger partial charge in [0.15, 0.2) is 5.79 Å². The number of piperidine rings is 1. The van der Waals surface area contributed by atoms with E-state index in [1.54, 1.807) is 20.9 Å². The molecule has 3 N–H and O–H groups in total. The molecule has 7 heteroatoms. The number of hydrogen-bond donors (Lipinski definition) is 3. The minimum Gasteiger partial charge on any atom is -0.395 e. The fourth-order valence-electron chi connectivity index (χ4n) is 3.81. The standard InChI is InChI=1S/C18H26N2O5/c1-18(2)24-15-13(17(23)19-3)20(9-11-7-5-4-6-8-11)12(10-21)14(22)16(15)25-18/h4-8,12-16,21-22H,9-10H2,1-3H3,(H,19,23)/t12-,13+,14-,15-,16+/m1/s1. The molecular formula is C18H26N2O5. The summed E-state index contributed by atoms with van der Waals surface area (Å²) in [7, 11) is 1.57. The van der Waals surface area contributed by atoms with Crippen LogP contribution in [-0.2, 0) is 20.8 Å². The molecule has 0 aliphatic carbocycles. The normalized spacial score (nSPS) is 34.5. The molecule has 2 fully saturated rings. The fraction of sp³-hybridized carbons (Fsp3) is 0.611. The van der Waals surface area contributed by atoms with Crippen molar-refractivity contribution >= 4 is 5.91 Å². The second-order valence-corrected chi connectivity index (χ2v) is 7.02. The summed E-state index contributed by atoms with van der Waals surface area (Å²) in [6.07, 6.45) is -2.24. The number of fused-ring (bicyclic) bond motifs is 1. The quantitative estimate of drug-likeness (QED) is 0.700. The zero-order chi connectivity index (χ0) is 18.2. The number of nitrogens with one attached hydrogen (secondary N) is 1. The third-order valence-electron chi connectivity index (χ3n) is 4.90. The average Bonchev–Trinajstić information content (AvgIpc) is 2.91. The largest absolute Gasteiger partial charge is 0.395 e. The van der Waals surface area contributed by atoms with Gasteiger partial charge in [0.25, 0.3) is 0 Å². The highest BCUT2D eigenvalue weighted by Gasteiger charge is 2.58. The van der Waals surface area contributed by atoms with E-state index in [-0.39, 0.29) is 12.5 Å². The first-order valence-electron chi connectivity index (χ1n) is 8.54. The van der Waals surface area contributed by atoms with Gasteiger partial charge in [-0.05, 0) is 19.4 Å². The van der Waals surface area contributed by atoms with Gasteiger partial charge in [-0.25, -0.2) is 0 Å². The first-order valence-corrected chi connectivity index (χ1v) is 8.54. The zero-order valence-corrected chi connectivity index (χ0v) is 14.8. The second-order valence-electron chi connectivity index (χ2n) is 7.02. The molecule has 5 atom stereocenters. The number of aliphatic hydroxyl groups is 2. The Morgan fingerprint density at radius 3 is 2.48 bits per heavy atom. The van der Waals surface area contributed by atoms with Gasteiger partial charge in [0.05, 0.1) is 12.6 Å². The minimum absolute atomic E-state index is 0.224. The van der Waals surface area contributed by atoms with E-state index in [1.165, 1.54) is 0 Å². The van der Waals surface area contributed by atoms with Crippen LogP contribution in [0.5, 0.6) is 0 Å². The minimum atomic E-state index is -0.957. The van der Waals surface area contributed by atoms with E-state index in [2.05, 4.69) is 5.32 Å². The summed E-state index contributed by atoms with van der Waals surface area (Å²) in [6, 6.07) is 8.35. The van der Waals surface area contributed by atoms with Crippen LogP contribution in [0.25, 0.3) is 0 Å². The number of amides is 1. The smallest absolute Gasteiger partial charge is 0.239 e. The molecule has 0 saturated carbocycles. The lowest BCUT2D eigenvalue weighted by molar-refractivity contribution is -0.156. The summed E-state index contributed by atoms with van der Waals surface area (Å²) in [6.45, 7) is 3.64. The van der Waals surface area contributed by atoms with E-state index in [0.29, 0.717) is 6.54 Å². The Labute approximate surface area is 147 Å². The number of ether oxygens (including phenoxy) is 2. The van der Waals surface area contributed by atoms with Crippen LogP contribution in [0.1, 0.15) is 19.4 Å². The molecule has 25 heavy (non-hydrogen) atoms. The molecule has 2 aliphatic heterocycles. The van der Waals surface area contributed by atoms with Gasteiger partial charge in [0, 0.05) is 13.6 Å². The Bertz CT molecular complexity index is 609. The summed E-state index contributed by atoms with van der Waals surface area (Å²) in [5, 5.41) is 23.3. The lowest BCUT2D eigenvalue weighted by Crippen LogP contribution is -2.69. The number of benzene rings is 1. The van der Waals surface area contributed by atoms with Crippen LogP contribution in [0.4, 0.5) is 0 Å². The monoisotopic (exact) mass is 350 g/mol. The van der Waals surface area contributed by atoms with Gasteiger partial charge in [-0.2, -0.15) is 0 Å². The maximum absolute atomic E-state index is 12.6. The topological polar surface area (TPSA) is 91.3 Å². The molecule has 0 unspecified atom stereocenters. The second kappa shape index (κ2) is 7.01. The van der Waals surface area contributed by atoms with Crippen molar-refractivity contribution in [1.29, 1.82) is 0 Å². The molecule has 1 amide bonds. The number of aliphatic hydroxyl groups excluding tert-OH is 2. The summed E-state index contributed by atoms with van der Waals surface area (Å²) in [5.74, 6) is -1.12. The fourth-order valence-corrected chi connectivity index (χ4v) is 3.81. The lowest BCUT2D eigenvalue weighted by atomic mass is 9.87. The third kappa shape index (κ3) is 3.43. The van der Waals surface area contributed by atoms with Crippen LogP contribution in [0.3, 0.4) is 0 Å². The van der Waals surface area contributed by atoms with Gasteiger partial charge >= 0.3 is 0 Å². The van der Waals surface area contributed by atoms with Gasteiger partial charge in [0.2, 0.25) is 5.91 Å². The van der Waals surface area contributed by atoms with Crippen LogP contribution in [0.2, 0.25) is 0 Å². The Kier molecular flexibility index (Phi) is 5.13. The third-order valence-corrected chi connectivity index (χ3v) is 4.90. The first-order chi connectivity index (χ1) is 11.9. The number of hydrogen-bond acceptors (Lipinski definition) is 6. The summed E-state index contributed by atoms with van der Waals surface area (Å²) in [5.41, 5.74) is 0.985. The van der Waals surface area contributed by atoms with E-state index in [0.717, 1.165) is 5.56 Å². The number of carbonyl (C=O) groups is 1. The SMILES string of the molecule is CNC(=O)[C@@H]1[C@H]2OC(C)(C)O[C@H]2[C@H](O)[C@@H](CO)N1Cc1ccccc1. The molecule has 1 aromatic carbocycles. The highest BCUT2D eigenvalue weighted by atomic mass is 16.8. The Balaban J connectivity index is 1.98. The van der Waals surface area contributed by atoms with Crippen LogP contribution in [0.15, 0.2) is 30.3 Å². The average molecular weight is 350 g/mol. The Hall–Kier alpha value is -1.51. The summed E-state index contributed by atoms with van der Waals surface area (Å²) in [4.78, 5) is 14.4. The van der Waals surface area contributed by atoms with Crippen LogP contribution in [-0.4, -0.2) is 70.9 Å². The van der Waals surface area contributed by atoms with Gasteiger partial charge in [-0.15, -0.1) is 0 Å². The highest BCUT2D eigenvalue weighted by Crippen LogP contribution is 2.39. The molecule has 0 bridgehead atoms. The number of likely N-dealkylation sites (N-methyl/N-ethyl adjacent to an activating group) is 1. The molecule has 2 heterocycles. The Morgan fingerprint density at radius 1 is 1.24 bits per heavy atom.